The third-order valence-electron chi connectivity index (χ3n) is 1.12. The van der Waals surface area contributed by atoms with Gasteiger partial charge in [-0.1, -0.05) is 12.2 Å². The monoisotopic (exact) mass is 140 g/mol. The Bertz CT molecular complexity index is 227. The molecule has 48 valence electrons. The van der Waals surface area contributed by atoms with Crippen molar-refractivity contribution in [1.29, 1.82) is 0 Å². The molecule has 0 aliphatic rings. The molecule has 1 aromatic heterocycles. The van der Waals surface area contributed by atoms with E-state index >= 15 is 0 Å². The predicted octanol–water partition coefficient (Wildman–Crippen LogP) is 0.659. The quantitative estimate of drug-likeness (QED) is 0.581. The number of nitrogens with zero attached hydrogens (tertiary/aromatic N) is 1. The van der Waals surface area contributed by atoms with Gasteiger partial charge in [0.15, 0.2) is 0 Å². The Morgan fingerprint density at radius 2 is 2.44 bits per heavy atom. The summed E-state index contributed by atoms with van der Waals surface area (Å²) in [4.78, 5) is 0.454. The Labute approximate surface area is 59.3 Å². The van der Waals surface area contributed by atoms with Crippen molar-refractivity contribution in [2.45, 2.75) is 0 Å². The first kappa shape index (κ1) is 6.29. The smallest absolute Gasteiger partial charge is 0.105 e. The molecule has 0 aromatic carbocycles. The van der Waals surface area contributed by atoms with E-state index in [4.69, 9.17) is 18.0 Å². The molecule has 9 heavy (non-hydrogen) atoms. The number of aryl methyl sites for hydroxylation is 1. The summed E-state index contributed by atoms with van der Waals surface area (Å²) in [5.74, 6) is 0. The zero-order chi connectivity index (χ0) is 6.85. The number of hydrogen-bond donors (Lipinski definition) is 1. The lowest BCUT2D eigenvalue weighted by atomic mass is 10.3. The second-order valence-corrected chi connectivity index (χ2v) is 2.37. The van der Waals surface area contributed by atoms with Crippen LogP contribution in [0.4, 0.5) is 0 Å². The molecule has 3 heteroatoms. The van der Waals surface area contributed by atoms with Crippen LogP contribution in [-0.2, 0) is 7.05 Å². The van der Waals surface area contributed by atoms with E-state index in [1.807, 2.05) is 30.1 Å². The molecular weight excluding hydrogens is 132 g/mol. The molecule has 0 atom stereocenters. The maximum atomic E-state index is 5.35. The average molecular weight is 140 g/mol. The van der Waals surface area contributed by atoms with Gasteiger partial charge in [-0.15, -0.1) is 0 Å². The fourth-order valence-electron chi connectivity index (χ4n) is 0.649. The first-order valence-electron chi connectivity index (χ1n) is 2.62. The minimum absolute atomic E-state index is 0.454. The van der Waals surface area contributed by atoms with Gasteiger partial charge in [-0.3, -0.25) is 0 Å². The summed E-state index contributed by atoms with van der Waals surface area (Å²) in [5, 5.41) is 0. The van der Waals surface area contributed by atoms with Crippen LogP contribution < -0.4 is 5.73 Å². The molecule has 0 bridgehead atoms. The van der Waals surface area contributed by atoms with Crippen molar-refractivity contribution >= 4 is 17.2 Å². The fourth-order valence-corrected chi connectivity index (χ4v) is 0.770. The van der Waals surface area contributed by atoms with Gasteiger partial charge in [0.1, 0.15) is 4.99 Å². The van der Waals surface area contributed by atoms with Crippen LogP contribution in [0.3, 0.4) is 0 Å². The summed E-state index contributed by atoms with van der Waals surface area (Å²) in [6, 6.07) is 1.89. The highest BCUT2D eigenvalue weighted by molar-refractivity contribution is 7.80. The van der Waals surface area contributed by atoms with Gasteiger partial charge in [0.25, 0.3) is 0 Å². The van der Waals surface area contributed by atoms with E-state index in [-0.39, 0.29) is 0 Å². The minimum Gasteiger partial charge on any atom is -0.389 e. The van der Waals surface area contributed by atoms with Gasteiger partial charge in [-0.2, -0.15) is 0 Å². The summed E-state index contributed by atoms with van der Waals surface area (Å²) >= 11 is 4.74. The SMILES string of the molecule is Cn1ccc(C(N)=S)c1. The highest BCUT2D eigenvalue weighted by Crippen LogP contribution is 1.97. The average Bonchev–Trinajstić information content (AvgIpc) is 2.14. The molecular formula is C6H8N2S. The first-order valence-corrected chi connectivity index (χ1v) is 3.03. The molecule has 0 radical (unpaired) electrons. The Hall–Kier alpha value is -0.830. The van der Waals surface area contributed by atoms with Crippen molar-refractivity contribution in [1.82, 2.24) is 4.57 Å². The molecule has 0 saturated heterocycles. The highest BCUT2D eigenvalue weighted by atomic mass is 32.1. The number of aromatic nitrogens is 1. The molecule has 0 saturated carbocycles. The molecule has 0 aliphatic heterocycles. The van der Waals surface area contributed by atoms with Gasteiger partial charge >= 0.3 is 0 Å². The highest BCUT2D eigenvalue weighted by Gasteiger charge is 1.94. The van der Waals surface area contributed by atoms with Crippen LogP contribution in [0.1, 0.15) is 5.56 Å². The van der Waals surface area contributed by atoms with Gasteiger partial charge in [-0.25, -0.2) is 0 Å². The molecule has 0 unspecified atom stereocenters. The Balaban J connectivity index is 2.98. The van der Waals surface area contributed by atoms with Crippen LogP contribution in [0, 0.1) is 0 Å². The van der Waals surface area contributed by atoms with E-state index in [0.29, 0.717) is 4.99 Å². The number of hydrogen-bond acceptors (Lipinski definition) is 1. The summed E-state index contributed by atoms with van der Waals surface area (Å²) in [6.45, 7) is 0. The lowest BCUT2D eigenvalue weighted by molar-refractivity contribution is 0.927. The zero-order valence-corrected chi connectivity index (χ0v) is 5.98. The van der Waals surface area contributed by atoms with Gasteiger partial charge in [0.2, 0.25) is 0 Å². The lowest BCUT2D eigenvalue weighted by Gasteiger charge is -1.87. The molecule has 2 N–H and O–H groups in total. The van der Waals surface area contributed by atoms with Crippen molar-refractivity contribution < 1.29 is 0 Å². The molecule has 1 aromatic rings. The van der Waals surface area contributed by atoms with Crippen LogP contribution in [-0.4, -0.2) is 9.56 Å². The van der Waals surface area contributed by atoms with Crippen LogP contribution in [0.25, 0.3) is 0 Å². The Kier molecular flexibility index (Phi) is 1.53. The maximum Gasteiger partial charge on any atom is 0.105 e. The summed E-state index contributed by atoms with van der Waals surface area (Å²) in [5.41, 5.74) is 6.27. The van der Waals surface area contributed by atoms with E-state index < -0.39 is 0 Å². The molecule has 0 aliphatic carbocycles. The normalized spacial score (nSPS) is 9.44. The van der Waals surface area contributed by atoms with Crippen molar-refractivity contribution in [2.75, 3.05) is 0 Å². The van der Waals surface area contributed by atoms with Gasteiger partial charge in [0, 0.05) is 25.0 Å². The van der Waals surface area contributed by atoms with Gasteiger partial charge in [0.05, 0.1) is 0 Å². The van der Waals surface area contributed by atoms with Crippen molar-refractivity contribution in [2.24, 2.45) is 12.8 Å². The Morgan fingerprint density at radius 1 is 1.78 bits per heavy atom. The largest absolute Gasteiger partial charge is 0.389 e. The van der Waals surface area contributed by atoms with Crippen molar-refractivity contribution in [3.8, 4) is 0 Å². The van der Waals surface area contributed by atoms with Crippen LogP contribution in [0.5, 0.6) is 0 Å². The van der Waals surface area contributed by atoms with Crippen LogP contribution >= 0.6 is 12.2 Å². The predicted molar refractivity (Wildman–Crippen MR) is 41.3 cm³/mol. The fraction of sp³-hybridized carbons (Fsp3) is 0.167. The number of nitrogens with two attached hydrogens (primary N) is 1. The topological polar surface area (TPSA) is 30.9 Å². The zero-order valence-electron chi connectivity index (χ0n) is 5.16. The van der Waals surface area contributed by atoms with Crippen molar-refractivity contribution in [3.63, 3.8) is 0 Å². The van der Waals surface area contributed by atoms with E-state index in [1.54, 1.807) is 0 Å². The summed E-state index contributed by atoms with van der Waals surface area (Å²) < 4.78 is 1.91. The number of rotatable bonds is 1. The third kappa shape index (κ3) is 1.29. The Morgan fingerprint density at radius 3 is 2.67 bits per heavy atom. The van der Waals surface area contributed by atoms with Gasteiger partial charge in [-0.05, 0) is 6.07 Å². The second-order valence-electron chi connectivity index (χ2n) is 1.93. The number of thiocarbonyl (C=S) groups is 1. The summed E-state index contributed by atoms with van der Waals surface area (Å²) in [6.07, 6.45) is 3.80. The second kappa shape index (κ2) is 2.19. The van der Waals surface area contributed by atoms with E-state index in [2.05, 4.69) is 0 Å². The molecule has 0 amide bonds. The molecule has 1 heterocycles. The molecule has 0 fully saturated rings. The van der Waals surface area contributed by atoms with Crippen LogP contribution in [0.2, 0.25) is 0 Å². The molecule has 2 nitrogen and oxygen atoms in total. The van der Waals surface area contributed by atoms with Crippen molar-refractivity contribution in [3.05, 3.63) is 24.0 Å². The van der Waals surface area contributed by atoms with E-state index in [1.165, 1.54) is 0 Å². The van der Waals surface area contributed by atoms with Crippen LogP contribution in [0.15, 0.2) is 18.5 Å². The molecule has 0 spiro atoms. The third-order valence-corrected chi connectivity index (χ3v) is 1.35. The minimum atomic E-state index is 0.454. The van der Waals surface area contributed by atoms with E-state index in [9.17, 15) is 0 Å². The van der Waals surface area contributed by atoms with Gasteiger partial charge < -0.3 is 10.3 Å². The maximum absolute atomic E-state index is 5.35. The lowest BCUT2D eigenvalue weighted by Crippen LogP contribution is -2.07. The standard InChI is InChI=1S/C6H8N2S/c1-8-3-2-5(4-8)6(7)9/h2-4H,1H3,(H2,7,9). The van der Waals surface area contributed by atoms with E-state index in [0.717, 1.165) is 5.56 Å². The molecule has 1 rings (SSSR count). The first-order chi connectivity index (χ1) is 4.20. The summed E-state index contributed by atoms with van der Waals surface area (Å²) in [7, 11) is 1.93.